The van der Waals surface area contributed by atoms with Gasteiger partial charge in [0.25, 0.3) is 0 Å². The lowest BCUT2D eigenvalue weighted by Crippen LogP contribution is -2.32. The van der Waals surface area contributed by atoms with Gasteiger partial charge in [-0.05, 0) is 25.5 Å². The highest BCUT2D eigenvalue weighted by Gasteiger charge is 2.23. The Balaban J connectivity index is 3.08. The summed E-state index contributed by atoms with van der Waals surface area (Å²) in [7, 11) is 0. The highest BCUT2D eigenvalue weighted by molar-refractivity contribution is 5.28. The predicted molar refractivity (Wildman–Crippen MR) is 58.8 cm³/mol. The molecule has 76 valence electrons. The third kappa shape index (κ3) is 2.44. The minimum absolute atomic E-state index is 0.197. The Kier molecular flexibility index (Phi) is 3.44. The largest absolute Gasteiger partial charge is 0.380 e. The molecule has 0 aliphatic rings. The maximum Gasteiger partial charge on any atom is 0.120 e. The van der Waals surface area contributed by atoms with Crippen LogP contribution in [0.2, 0.25) is 0 Å². The second-order valence-corrected chi connectivity index (χ2v) is 3.72. The third-order valence-electron chi connectivity index (χ3n) is 2.11. The van der Waals surface area contributed by atoms with Gasteiger partial charge in [0, 0.05) is 6.54 Å². The first-order valence-corrected chi connectivity index (χ1v) is 4.72. The van der Waals surface area contributed by atoms with Crippen molar-refractivity contribution >= 4 is 0 Å². The van der Waals surface area contributed by atoms with Crippen molar-refractivity contribution in [2.75, 3.05) is 6.54 Å². The van der Waals surface area contributed by atoms with Crippen LogP contribution in [0.3, 0.4) is 0 Å². The van der Waals surface area contributed by atoms with Crippen LogP contribution in [0.15, 0.2) is 42.0 Å². The molecule has 0 bridgehead atoms. The highest BCUT2D eigenvalue weighted by atomic mass is 16.3. The topological polar surface area (TPSA) is 46.2 Å². The number of hydrogen-bond donors (Lipinski definition) is 2. The van der Waals surface area contributed by atoms with Gasteiger partial charge < -0.3 is 10.8 Å². The maximum absolute atomic E-state index is 10.3. The molecular weight excluding hydrogens is 174 g/mol. The molecule has 0 fully saturated rings. The van der Waals surface area contributed by atoms with E-state index in [1.165, 1.54) is 0 Å². The van der Waals surface area contributed by atoms with Crippen molar-refractivity contribution in [3.63, 3.8) is 0 Å². The molecule has 0 aliphatic heterocycles. The minimum atomic E-state index is -1.03. The fourth-order valence-electron chi connectivity index (χ4n) is 1.46. The molecule has 3 N–H and O–H groups in total. The molecule has 0 radical (unpaired) electrons. The van der Waals surface area contributed by atoms with Crippen molar-refractivity contribution in [1.82, 2.24) is 0 Å². The van der Waals surface area contributed by atoms with Crippen LogP contribution in [0, 0.1) is 0 Å². The summed E-state index contributed by atoms with van der Waals surface area (Å²) >= 11 is 0. The second kappa shape index (κ2) is 4.40. The van der Waals surface area contributed by atoms with Gasteiger partial charge in [-0.15, -0.1) is 0 Å². The molecule has 0 amide bonds. The van der Waals surface area contributed by atoms with Crippen LogP contribution < -0.4 is 5.73 Å². The van der Waals surface area contributed by atoms with Crippen molar-refractivity contribution in [3.8, 4) is 0 Å². The van der Waals surface area contributed by atoms with Crippen LogP contribution >= 0.6 is 0 Å². The van der Waals surface area contributed by atoms with E-state index in [1.807, 2.05) is 44.2 Å². The summed E-state index contributed by atoms with van der Waals surface area (Å²) in [4.78, 5) is 0. The quantitative estimate of drug-likeness (QED) is 0.716. The van der Waals surface area contributed by atoms with Crippen LogP contribution in [-0.2, 0) is 5.60 Å². The Bertz CT molecular complexity index is 314. The van der Waals surface area contributed by atoms with E-state index in [-0.39, 0.29) is 6.54 Å². The van der Waals surface area contributed by atoms with Gasteiger partial charge in [-0.3, -0.25) is 0 Å². The average molecular weight is 191 g/mol. The summed E-state index contributed by atoms with van der Waals surface area (Å²) in [5.41, 5.74) is 6.46. The molecule has 2 heteroatoms. The number of allylic oxidation sites excluding steroid dienone is 1. The summed E-state index contributed by atoms with van der Waals surface area (Å²) in [6.45, 7) is 4.09. The normalized spacial score (nSPS) is 14.6. The number of rotatable bonds is 3. The highest BCUT2D eigenvalue weighted by Crippen LogP contribution is 2.22. The number of nitrogens with two attached hydrogens (primary N) is 1. The Labute approximate surface area is 85.1 Å². The van der Waals surface area contributed by atoms with E-state index in [0.717, 1.165) is 11.1 Å². The monoisotopic (exact) mass is 191 g/mol. The van der Waals surface area contributed by atoms with E-state index >= 15 is 0 Å². The van der Waals surface area contributed by atoms with Gasteiger partial charge in [0.1, 0.15) is 5.60 Å². The summed E-state index contributed by atoms with van der Waals surface area (Å²) in [5.74, 6) is 0. The molecule has 0 heterocycles. The Morgan fingerprint density at radius 1 is 1.36 bits per heavy atom. The fourth-order valence-corrected chi connectivity index (χ4v) is 1.46. The second-order valence-electron chi connectivity index (χ2n) is 3.72. The molecule has 0 aliphatic carbocycles. The maximum atomic E-state index is 10.3. The van der Waals surface area contributed by atoms with Crippen LogP contribution in [0.25, 0.3) is 0 Å². The van der Waals surface area contributed by atoms with E-state index in [0.29, 0.717) is 0 Å². The summed E-state index contributed by atoms with van der Waals surface area (Å²) in [5, 5.41) is 10.3. The molecule has 0 spiro atoms. The molecule has 1 atom stereocenters. The number of aliphatic hydroxyl groups is 1. The first-order valence-electron chi connectivity index (χ1n) is 4.72. The van der Waals surface area contributed by atoms with Gasteiger partial charge in [0.2, 0.25) is 0 Å². The number of hydrogen-bond acceptors (Lipinski definition) is 2. The lowest BCUT2D eigenvalue weighted by atomic mass is 9.92. The zero-order chi connectivity index (χ0) is 10.6. The van der Waals surface area contributed by atoms with Crippen molar-refractivity contribution in [2.45, 2.75) is 19.4 Å². The molecule has 14 heavy (non-hydrogen) atoms. The van der Waals surface area contributed by atoms with E-state index in [1.54, 1.807) is 6.08 Å². The molecule has 0 saturated carbocycles. The smallest absolute Gasteiger partial charge is 0.120 e. The van der Waals surface area contributed by atoms with Crippen LogP contribution in [-0.4, -0.2) is 11.7 Å². The molecule has 0 aromatic heterocycles. The van der Waals surface area contributed by atoms with Gasteiger partial charge in [0.15, 0.2) is 0 Å². The first-order chi connectivity index (χ1) is 6.58. The fraction of sp³-hybridized carbons (Fsp3) is 0.333. The van der Waals surface area contributed by atoms with Gasteiger partial charge >= 0.3 is 0 Å². The predicted octanol–water partition coefficient (Wildman–Crippen LogP) is 1.80. The lowest BCUT2D eigenvalue weighted by molar-refractivity contribution is 0.0981. The number of benzene rings is 1. The zero-order valence-corrected chi connectivity index (χ0v) is 8.70. The Morgan fingerprint density at radius 3 is 2.36 bits per heavy atom. The molecule has 1 aromatic carbocycles. The molecular formula is C12H17NO. The lowest BCUT2D eigenvalue weighted by Gasteiger charge is -2.23. The van der Waals surface area contributed by atoms with Crippen molar-refractivity contribution < 1.29 is 5.11 Å². The van der Waals surface area contributed by atoms with Gasteiger partial charge in [-0.2, -0.15) is 0 Å². The molecule has 0 saturated heterocycles. The minimum Gasteiger partial charge on any atom is -0.380 e. The summed E-state index contributed by atoms with van der Waals surface area (Å²) in [6, 6.07) is 9.48. The molecule has 1 unspecified atom stereocenters. The van der Waals surface area contributed by atoms with Crippen molar-refractivity contribution in [3.05, 3.63) is 47.5 Å². The first kappa shape index (κ1) is 11.0. The van der Waals surface area contributed by atoms with Crippen LogP contribution in [0.4, 0.5) is 0 Å². The van der Waals surface area contributed by atoms with Crippen LogP contribution in [0.5, 0.6) is 0 Å². The van der Waals surface area contributed by atoms with Crippen molar-refractivity contribution in [2.24, 2.45) is 5.73 Å². The SMILES string of the molecule is CC(C)=CC(O)(CN)c1ccccc1. The zero-order valence-electron chi connectivity index (χ0n) is 8.70. The van der Waals surface area contributed by atoms with E-state index < -0.39 is 5.60 Å². The van der Waals surface area contributed by atoms with Crippen LogP contribution in [0.1, 0.15) is 19.4 Å². The summed E-state index contributed by atoms with van der Waals surface area (Å²) in [6.07, 6.45) is 1.79. The van der Waals surface area contributed by atoms with E-state index in [2.05, 4.69) is 0 Å². The van der Waals surface area contributed by atoms with Gasteiger partial charge in [-0.25, -0.2) is 0 Å². The third-order valence-corrected chi connectivity index (χ3v) is 2.11. The standard InChI is InChI=1S/C12H17NO/c1-10(2)8-12(14,9-13)11-6-4-3-5-7-11/h3-8,14H,9,13H2,1-2H3. The molecule has 1 rings (SSSR count). The Morgan fingerprint density at radius 2 is 1.93 bits per heavy atom. The van der Waals surface area contributed by atoms with Gasteiger partial charge in [0.05, 0.1) is 0 Å². The van der Waals surface area contributed by atoms with E-state index in [4.69, 9.17) is 5.73 Å². The van der Waals surface area contributed by atoms with E-state index in [9.17, 15) is 5.11 Å². The molecule has 2 nitrogen and oxygen atoms in total. The Hall–Kier alpha value is -1.12. The average Bonchev–Trinajstić information content (AvgIpc) is 2.18. The summed E-state index contributed by atoms with van der Waals surface area (Å²) < 4.78 is 0. The molecule has 1 aromatic rings. The van der Waals surface area contributed by atoms with Gasteiger partial charge in [-0.1, -0.05) is 35.9 Å². The van der Waals surface area contributed by atoms with Crippen molar-refractivity contribution in [1.29, 1.82) is 0 Å².